The zero-order valence-electron chi connectivity index (χ0n) is 16.9. The van der Waals surface area contributed by atoms with Crippen molar-refractivity contribution in [3.8, 4) is 11.1 Å². The molecule has 2 aromatic rings. The maximum Gasteiger partial charge on any atom is 0.0283 e. The van der Waals surface area contributed by atoms with Crippen molar-refractivity contribution < 1.29 is 0 Å². The maximum atomic E-state index is 3.51. The molecule has 0 atom stereocenters. The normalized spacial score (nSPS) is 19.9. The Balaban J connectivity index is 1.42. The molecule has 2 aromatic carbocycles. The van der Waals surface area contributed by atoms with Gasteiger partial charge in [0, 0.05) is 5.33 Å². The predicted molar refractivity (Wildman–Crippen MR) is 122 cm³/mol. The molecule has 1 aliphatic rings. The Morgan fingerprint density at radius 3 is 1.74 bits per heavy atom. The quantitative estimate of drug-likeness (QED) is 0.278. The van der Waals surface area contributed by atoms with E-state index < -0.39 is 0 Å². The first-order valence-electron chi connectivity index (χ1n) is 11.0. The number of rotatable bonds is 9. The maximum absolute atomic E-state index is 3.51. The van der Waals surface area contributed by atoms with Crippen molar-refractivity contribution in [3.63, 3.8) is 0 Å². The van der Waals surface area contributed by atoms with Gasteiger partial charge in [-0.1, -0.05) is 123 Å². The largest absolute Gasteiger partial charge is 0.0876 e. The fraction of sp³-hybridized carbons (Fsp3) is 0.538. The summed E-state index contributed by atoms with van der Waals surface area (Å²) in [5.41, 5.74) is 5.47. The summed E-state index contributed by atoms with van der Waals surface area (Å²) in [6, 6.07) is 18.1. The molecule has 1 saturated carbocycles. The monoisotopic (exact) mass is 426 g/mol. The summed E-state index contributed by atoms with van der Waals surface area (Å²) in [6.45, 7) is 2.31. The van der Waals surface area contributed by atoms with Crippen LogP contribution in [0.2, 0.25) is 0 Å². The van der Waals surface area contributed by atoms with Crippen molar-refractivity contribution >= 4 is 15.9 Å². The first-order valence-corrected chi connectivity index (χ1v) is 12.1. The average molecular weight is 427 g/mol. The molecular formula is C26H35Br. The number of unbranched alkanes of at least 4 members (excludes halogenated alkanes) is 2. The van der Waals surface area contributed by atoms with Crippen molar-refractivity contribution in [2.24, 2.45) is 11.8 Å². The molecule has 0 heterocycles. The molecule has 0 aliphatic heterocycles. The molecule has 0 spiro atoms. The molecule has 1 aliphatic carbocycles. The van der Waals surface area contributed by atoms with E-state index >= 15 is 0 Å². The van der Waals surface area contributed by atoms with Gasteiger partial charge in [0.15, 0.2) is 0 Å². The van der Waals surface area contributed by atoms with Gasteiger partial charge in [0.05, 0.1) is 0 Å². The third kappa shape index (κ3) is 6.49. The molecule has 3 rings (SSSR count). The van der Waals surface area contributed by atoms with Crippen LogP contribution in [0, 0.1) is 11.8 Å². The zero-order chi connectivity index (χ0) is 18.9. The molecule has 1 fully saturated rings. The van der Waals surface area contributed by atoms with E-state index in [0.717, 1.165) is 17.2 Å². The van der Waals surface area contributed by atoms with Gasteiger partial charge in [-0.15, -0.1) is 0 Å². The molecule has 146 valence electrons. The summed E-state index contributed by atoms with van der Waals surface area (Å²) in [5.74, 6) is 1.99. The molecule has 0 saturated heterocycles. The Hall–Kier alpha value is -1.08. The fourth-order valence-electron chi connectivity index (χ4n) is 4.51. The van der Waals surface area contributed by atoms with Gasteiger partial charge in [-0.3, -0.25) is 0 Å². The van der Waals surface area contributed by atoms with Crippen LogP contribution in [-0.2, 0) is 11.8 Å². The Labute approximate surface area is 174 Å². The molecule has 0 radical (unpaired) electrons. The van der Waals surface area contributed by atoms with E-state index in [2.05, 4.69) is 71.4 Å². The summed E-state index contributed by atoms with van der Waals surface area (Å²) < 4.78 is 0. The second-order valence-corrected chi connectivity index (χ2v) is 9.01. The summed E-state index contributed by atoms with van der Waals surface area (Å²) >= 11 is 3.51. The molecule has 0 unspecified atom stereocenters. The average Bonchev–Trinajstić information content (AvgIpc) is 2.74. The van der Waals surface area contributed by atoms with E-state index in [1.807, 2.05) is 0 Å². The van der Waals surface area contributed by atoms with Crippen LogP contribution in [-0.4, -0.2) is 0 Å². The van der Waals surface area contributed by atoms with Crippen LogP contribution in [0.25, 0.3) is 11.1 Å². The number of hydrogen-bond donors (Lipinski definition) is 0. The second-order valence-electron chi connectivity index (χ2n) is 8.45. The van der Waals surface area contributed by atoms with Gasteiger partial charge in [-0.2, -0.15) is 0 Å². The molecule has 0 bridgehead atoms. The van der Waals surface area contributed by atoms with Gasteiger partial charge in [0.25, 0.3) is 0 Å². The lowest BCUT2D eigenvalue weighted by molar-refractivity contribution is 0.249. The molecule has 0 aromatic heterocycles. The highest BCUT2D eigenvalue weighted by Crippen LogP contribution is 2.34. The number of benzene rings is 2. The van der Waals surface area contributed by atoms with Crippen LogP contribution in [0.3, 0.4) is 0 Å². The number of halogens is 1. The molecule has 0 amide bonds. The highest BCUT2D eigenvalue weighted by atomic mass is 79.9. The third-order valence-corrected chi connectivity index (χ3v) is 7.07. The lowest BCUT2D eigenvalue weighted by Crippen LogP contribution is -2.15. The van der Waals surface area contributed by atoms with E-state index in [-0.39, 0.29) is 0 Å². The number of hydrogen-bond acceptors (Lipinski definition) is 0. The van der Waals surface area contributed by atoms with Crippen LogP contribution in [0.15, 0.2) is 48.5 Å². The zero-order valence-corrected chi connectivity index (χ0v) is 18.5. The molecule has 27 heavy (non-hydrogen) atoms. The molecule has 0 N–H and O–H groups in total. The van der Waals surface area contributed by atoms with Gasteiger partial charge in [-0.25, -0.2) is 0 Å². The minimum atomic E-state index is 0.923. The van der Waals surface area contributed by atoms with Crippen molar-refractivity contribution in [2.45, 2.75) is 76.5 Å². The van der Waals surface area contributed by atoms with E-state index in [9.17, 15) is 0 Å². The fourth-order valence-corrected chi connectivity index (χ4v) is 4.89. The van der Waals surface area contributed by atoms with E-state index in [1.165, 1.54) is 86.5 Å². The standard InChI is InChI=1S/C26H35Br/c1-2-3-4-5-21-6-8-22(9-7-21)10-11-23-12-16-25(17-13-23)26-18-14-24(20-27)15-19-26/h12-19,21-22H,2-11,20H2,1H3/t21-,22-. The van der Waals surface area contributed by atoms with Gasteiger partial charge in [-0.05, 0) is 46.9 Å². The summed E-state index contributed by atoms with van der Waals surface area (Å²) in [5, 5.41) is 0.923. The highest BCUT2D eigenvalue weighted by Gasteiger charge is 2.20. The SMILES string of the molecule is CCCCC[C@H]1CC[C@H](CCc2ccc(-c3ccc(CBr)cc3)cc2)CC1. The van der Waals surface area contributed by atoms with Crippen LogP contribution in [0.5, 0.6) is 0 Å². The molecule has 1 heteroatoms. The summed E-state index contributed by atoms with van der Waals surface area (Å²) in [6.07, 6.45) is 14.2. The first-order chi connectivity index (χ1) is 13.3. The minimum absolute atomic E-state index is 0.923. The summed E-state index contributed by atoms with van der Waals surface area (Å²) in [7, 11) is 0. The van der Waals surface area contributed by atoms with E-state index in [0.29, 0.717) is 0 Å². The Morgan fingerprint density at radius 1 is 0.704 bits per heavy atom. The van der Waals surface area contributed by atoms with E-state index in [1.54, 1.807) is 0 Å². The van der Waals surface area contributed by atoms with Crippen LogP contribution < -0.4 is 0 Å². The Bertz CT molecular complexity index is 648. The number of aryl methyl sites for hydroxylation is 1. The third-order valence-electron chi connectivity index (χ3n) is 6.42. The van der Waals surface area contributed by atoms with Gasteiger partial charge in [0.2, 0.25) is 0 Å². The summed E-state index contributed by atoms with van der Waals surface area (Å²) in [4.78, 5) is 0. The van der Waals surface area contributed by atoms with Crippen molar-refractivity contribution in [2.75, 3.05) is 0 Å². The minimum Gasteiger partial charge on any atom is -0.0876 e. The van der Waals surface area contributed by atoms with Crippen LogP contribution in [0.1, 0.15) is 75.8 Å². The smallest absolute Gasteiger partial charge is 0.0283 e. The Morgan fingerprint density at radius 2 is 1.22 bits per heavy atom. The van der Waals surface area contributed by atoms with Gasteiger partial charge in [0.1, 0.15) is 0 Å². The second kappa shape index (κ2) is 11.1. The van der Waals surface area contributed by atoms with Crippen molar-refractivity contribution in [1.29, 1.82) is 0 Å². The van der Waals surface area contributed by atoms with Crippen LogP contribution >= 0.6 is 15.9 Å². The highest BCUT2D eigenvalue weighted by molar-refractivity contribution is 9.08. The topological polar surface area (TPSA) is 0 Å². The first kappa shape index (κ1) is 20.6. The van der Waals surface area contributed by atoms with Gasteiger partial charge >= 0.3 is 0 Å². The molecular weight excluding hydrogens is 392 g/mol. The Kier molecular flexibility index (Phi) is 8.45. The number of alkyl halides is 1. The van der Waals surface area contributed by atoms with Crippen molar-refractivity contribution in [3.05, 3.63) is 59.7 Å². The van der Waals surface area contributed by atoms with Crippen molar-refractivity contribution in [1.82, 2.24) is 0 Å². The van der Waals surface area contributed by atoms with Crippen LogP contribution in [0.4, 0.5) is 0 Å². The van der Waals surface area contributed by atoms with Gasteiger partial charge < -0.3 is 0 Å². The van der Waals surface area contributed by atoms with E-state index in [4.69, 9.17) is 0 Å². The lowest BCUT2D eigenvalue weighted by atomic mass is 9.78. The molecule has 0 nitrogen and oxygen atoms in total. The predicted octanol–water partition coefficient (Wildman–Crippen LogP) is 8.57. The lowest BCUT2D eigenvalue weighted by Gasteiger charge is -2.28.